The maximum absolute atomic E-state index is 10.3. The zero-order valence-corrected chi connectivity index (χ0v) is 16.9. The van der Waals surface area contributed by atoms with E-state index in [4.69, 9.17) is 0 Å². The summed E-state index contributed by atoms with van der Waals surface area (Å²) < 4.78 is 0. The fourth-order valence-corrected chi connectivity index (χ4v) is 3.83. The second kappa shape index (κ2) is 12.4. The first kappa shape index (κ1) is 21.3. The summed E-state index contributed by atoms with van der Waals surface area (Å²) >= 11 is 0. The van der Waals surface area contributed by atoms with Crippen molar-refractivity contribution in [3.8, 4) is 11.5 Å². The number of para-hydroxylation sites is 1. The summed E-state index contributed by atoms with van der Waals surface area (Å²) in [4.78, 5) is 0. The van der Waals surface area contributed by atoms with Crippen LogP contribution in [0, 0.1) is 0 Å². The maximum Gasteiger partial charge on any atom is 0.119 e. The number of benzene rings is 2. The SMILES string of the molecule is CCCCCCCCCCCCC(c1ccc(O)cc1)c1ccccc1O. The molecule has 0 aliphatic rings. The van der Waals surface area contributed by atoms with Crippen LogP contribution in [0.15, 0.2) is 48.5 Å². The molecule has 0 bridgehead atoms. The van der Waals surface area contributed by atoms with Gasteiger partial charge in [0.05, 0.1) is 0 Å². The Morgan fingerprint density at radius 3 is 1.81 bits per heavy atom. The van der Waals surface area contributed by atoms with E-state index in [-0.39, 0.29) is 11.7 Å². The lowest BCUT2D eigenvalue weighted by Crippen LogP contribution is -2.02. The molecule has 0 saturated carbocycles. The van der Waals surface area contributed by atoms with Crippen molar-refractivity contribution in [3.63, 3.8) is 0 Å². The fourth-order valence-electron chi connectivity index (χ4n) is 3.83. The van der Waals surface area contributed by atoms with Crippen molar-refractivity contribution < 1.29 is 10.2 Å². The van der Waals surface area contributed by atoms with E-state index in [1.165, 1.54) is 57.8 Å². The normalized spacial score (nSPS) is 12.2. The van der Waals surface area contributed by atoms with Crippen molar-refractivity contribution >= 4 is 0 Å². The molecule has 2 heteroatoms. The van der Waals surface area contributed by atoms with E-state index < -0.39 is 0 Å². The first-order valence-electron chi connectivity index (χ1n) is 10.8. The second-order valence-corrected chi connectivity index (χ2v) is 7.67. The van der Waals surface area contributed by atoms with Crippen molar-refractivity contribution in [1.82, 2.24) is 0 Å². The van der Waals surface area contributed by atoms with Crippen LogP contribution < -0.4 is 0 Å². The third-order valence-electron chi connectivity index (χ3n) is 5.45. The molecule has 0 amide bonds. The lowest BCUT2D eigenvalue weighted by atomic mass is 9.86. The van der Waals surface area contributed by atoms with Gasteiger partial charge in [-0.1, -0.05) is 101 Å². The van der Waals surface area contributed by atoms with Crippen molar-refractivity contribution in [3.05, 3.63) is 59.7 Å². The molecule has 1 atom stereocenters. The van der Waals surface area contributed by atoms with Gasteiger partial charge in [-0.2, -0.15) is 0 Å². The van der Waals surface area contributed by atoms with Crippen LogP contribution in [-0.4, -0.2) is 10.2 Å². The molecule has 0 saturated heterocycles. The van der Waals surface area contributed by atoms with Gasteiger partial charge in [-0.05, 0) is 30.2 Å². The highest BCUT2D eigenvalue weighted by Gasteiger charge is 2.17. The van der Waals surface area contributed by atoms with E-state index in [9.17, 15) is 10.2 Å². The average Bonchev–Trinajstić information content (AvgIpc) is 2.68. The summed E-state index contributed by atoms with van der Waals surface area (Å²) in [5, 5.41) is 19.9. The number of aromatic hydroxyl groups is 2. The standard InChI is InChI=1S/C25H36O2/c1-2-3-4-5-6-7-8-9-10-11-14-23(21-17-19-22(26)20-18-21)24-15-12-13-16-25(24)27/h12-13,15-20,23,26-27H,2-11,14H2,1H3. The Balaban J connectivity index is 1.80. The van der Waals surface area contributed by atoms with E-state index in [2.05, 4.69) is 6.92 Å². The first-order chi connectivity index (χ1) is 13.2. The Morgan fingerprint density at radius 1 is 0.667 bits per heavy atom. The van der Waals surface area contributed by atoms with Crippen LogP contribution in [0.1, 0.15) is 94.6 Å². The molecule has 27 heavy (non-hydrogen) atoms. The predicted molar refractivity (Wildman–Crippen MR) is 115 cm³/mol. The average molecular weight is 369 g/mol. The van der Waals surface area contributed by atoms with Crippen LogP contribution in [0.4, 0.5) is 0 Å². The molecule has 2 N–H and O–H groups in total. The molecule has 0 heterocycles. The van der Waals surface area contributed by atoms with Gasteiger partial charge < -0.3 is 10.2 Å². The van der Waals surface area contributed by atoms with Crippen molar-refractivity contribution in [2.75, 3.05) is 0 Å². The van der Waals surface area contributed by atoms with E-state index in [0.29, 0.717) is 5.75 Å². The fraction of sp³-hybridized carbons (Fsp3) is 0.520. The zero-order chi connectivity index (χ0) is 19.3. The van der Waals surface area contributed by atoms with Gasteiger partial charge in [0, 0.05) is 11.5 Å². The zero-order valence-electron chi connectivity index (χ0n) is 16.9. The number of phenols is 2. The molecule has 2 aromatic carbocycles. The Kier molecular flexibility index (Phi) is 9.83. The molecule has 0 aromatic heterocycles. The first-order valence-corrected chi connectivity index (χ1v) is 10.8. The number of unbranched alkanes of at least 4 members (excludes halogenated alkanes) is 9. The maximum atomic E-state index is 10.3. The molecule has 148 valence electrons. The third-order valence-corrected chi connectivity index (χ3v) is 5.45. The van der Waals surface area contributed by atoms with Gasteiger partial charge in [-0.15, -0.1) is 0 Å². The summed E-state index contributed by atoms with van der Waals surface area (Å²) in [5.74, 6) is 0.831. The van der Waals surface area contributed by atoms with E-state index >= 15 is 0 Å². The molecule has 0 fully saturated rings. The molecule has 2 rings (SSSR count). The minimum absolute atomic E-state index is 0.181. The molecule has 0 aliphatic heterocycles. The molecule has 0 spiro atoms. The third kappa shape index (κ3) is 7.66. The summed E-state index contributed by atoms with van der Waals surface area (Å²) in [6.45, 7) is 2.26. The van der Waals surface area contributed by atoms with Gasteiger partial charge in [0.15, 0.2) is 0 Å². The topological polar surface area (TPSA) is 40.5 Å². The smallest absolute Gasteiger partial charge is 0.119 e. The van der Waals surface area contributed by atoms with E-state index in [1.54, 1.807) is 18.2 Å². The molecular weight excluding hydrogens is 332 g/mol. The van der Waals surface area contributed by atoms with Gasteiger partial charge in [0.1, 0.15) is 11.5 Å². The molecule has 2 aromatic rings. The highest BCUT2D eigenvalue weighted by atomic mass is 16.3. The van der Waals surface area contributed by atoms with Crippen molar-refractivity contribution in [1.29, 1.82) is 0 Å². The molecule has 0 aliphatic carbocycles. The monoisotopic (exact) mass is 368 g/mol. The number of rotatable bonds is 13. The number of hydrogen-bond donors (Lipinski definition) is 2. The van der Waals surface area contributed by atoms with Gasteiger partial charge in [0.2, 0.25) is 0 Å². The molecule has 0 radical (unpaired) electrons. The highest BCUT2D eigenvalue weighted by molar-refractivity contribution is 5.42. The van der Waals surface area contributed by atoms with E-state index in [1.807, 2.05) is 30.3 Å². The van der Waals surface area contributed by atoms with Crippen molar-refractivity contribution in [2.45, 2.75) is 83.5 Å². The largest absolute Gasteiger partial charge is 0.508 e. The van der Waals surface area contributed by atoms with Crippen LogP contribution in [-0.2, 0) is 0 Å². The van der Waals surface area contributed by atoms with Crippen LogP contribution in [0.25, 0.3) is 0 Å². The van der Waals surface area contributed by atoms with E-state index in [0.717, 1.165) is 24.0 Å². The van der Waals surface area contributed by atoms with Crippen LogP contribution in [0.5, 0.6) is 11.5 Å². The summed E-state index contributed by atoms with van der Waals surface area (Å²) in [6, 6.07) is 15.1. The van der Waals surface area contributed by atoms with Gasteiger partial charge in [-0.3, -0.25) is 0 Å². The van der Waals surface area contributed by atoms with Gasteiger partial charge >= 0.3 is 0 Å². The summed E-state index contributed by atoms with van der Waals surface area (Å²) in [7, 11) is 0. The Bertz CT molecular complexity index is 633. The summed E-state index contributed by atoms with van der Waals surface area (Å²) in [5.41, 5.74) is 2.14. The van der Waals surface area contributed by atoms with Crippen LogP contribution in [0.2, 0.25) is 0 Å². The number of phenolic OH excluding ortho intramolecular Hbond substituents is 2. The predicted octanol–water partition coefficient (Wildman–Crippen LogP) is 7.54. The Hall–Kier alpha value is -1.96. The molecule has 2 nitrogen and oxygen atoms in total. The Morgan fingerprint density at radius 2 is 1.22 bits per heavy atom. The second-order valence-electron chi connectivity index (χ2n) is 7.67. The quantitative estimate of drug-likeness (QED) is 0.358. The lowest BCUT2D eigenvalue weighted by Gasteiger charge is -2.19. The number of hydrogen-bond acceptors (Lipinski definition) is 2. The van der Waals surface area contributed by atoms with Gasteiger partial charge in [-0.25, -0.2) is 0 Å². The minimum Gasteiger partial charge on any atom is -0.508 e. The minimum atomic E-state index is 0.181. The van der Waals surface area contributed by atoms with Crippen LogP contribution >= 0.6 is 0 Å². The molecular formula is C25H36O2. The molecule has 1 unspecified atom stereocenters. The summed E-state index contributed by atoms with van der Waals surface area (Å²) in [6.07, 6.45) is 14.3. The van der Waals surface area contributed by atoms with Gasteiger partial charge in [0.25, 0.3) is 0 Å². The van der Waals surface area contributed by atoms with Crippen LogP contribution in [0.3, 0.4) is 0 Å². The highest BCUT2D eigenvalue weighted by Crippen LogP contribution is 2.35. The lowest BCUT2D eigenvalue weighted by molar-refractivity contribution is 0.459. The van der Waals surface area contributed by atoms with Crippen molar-refractivity contribution in [2.24, 2.45) is 0 Å². The Labute approximate surface area is 165 Å².